The van der Waals surface area contributed by atoms with Crippen LogP contribution in [0.1, 0.15) is 46.0 Å². The van der Waals surface area contributed by atoms with Crippen molar-refractivity contribution in [1.82, 2.24) is 10.2 Å². The predicted octanol–water partition coefficient (Wildman–Crippen LogP) is 1.89. The van der Waals surface area contributed by atoms with Crippen LogP contribution in [0.4, 0.5) is 0 Å². The van der Waals surface area contributed by atoms with Crippen molar-refractivity contribution in [2.24, 2.45) is 0 Å². The summed E-state index contributed by atoms with van der Waals surface area (Å²) in [5.74, 6) is 0. The van der Waals surface area contributed by atoms with Gasteiger partial charge in [0.05, 0.1) is 6.07 Å². The smallest absolute Gasteiger partial charge is 0.108 e. The summed E-state index contributed by atoms with van der Waals surface area (Å²) in [5, 5.41) is 13.0. The third-order valence-corrected chi connectivity index (χ3v) is 4.15. The Bertz CT molecular complexity index is 290. The second-order valence-corrected chi connectivity index (χ2v) is 5.77. The average Bonchev–Trinajstić information content (AvgIpc) is 2.95. The average molecular weight is 221 g/mol. The van der Waals surface area contributed by atoms with Gasteiger partial charge in [0.25, 0.3) is 0 Å². The highest BCUT2D eigenvalue weighted by Gasteiger charge is 2.44. The van der Waals surface area contributed by atoms with E-state index in [4.69, 9.17) is 0 Å². The summed E-state index contributed by atoms with van der Waals surface area (Å²) in [7, 11) is 2.18. The van der Waals surface area contributed by atoms with Crippen LogP contribution in [0.25, 0.3) is 0 Å². The molecule has 16 heavy (non-hydrogen) atoms. The highest BCUT2D eigenvalue weighted by Crippen LogP contribution is 2.36. The first-order valence-corrected chi connectivity index (χ1v) is 6.47. The summed E-state index contributed by atoms with van der Waals surface area (Å²) in [4.78, 5) is 2.41. The lowest BCUT2D eigenvalue weighted by molar-refractivity contribution is 0.191. The quantitative estimate of drug-likeness (QED) is 0.788. The van der Waals surface area contributed by atoms with Gasteiger partial charge >= 0.3 is 0 Å². The molecule has 2 aliphatic carbocycles. The first-order valence-electron chi connectivity index (χ1n) is 6.47. The van der Waals surface area contributed by atoms with Crippen LogP contribution in [0, 0.1) is 11.3 Å². The molecule has 0 aromatic rings. The van der Waals surface area contributed by atoms with E-state index < -0.39 is 0 Å². The Kier molecular flexibility index (Phi) is 3.23. The minimum absolute atomic E-state index is 0.227. The molecule has 2 fully saturated rings. The van der Waals surface area contributed by atoms with Crippen molar-refractivity contribution >= 4 is 0 Å². The summed E-state index contributed by atoms with van der Waals surface area (Å²) < 4.78 is 0. The molecule has 2 atom stereocenters. The maximum absolute atomic E-state index is 9.40. The maximum Gasteiger partial charge on any atom is 0.108 e. The molecule has 0 bridgehead atoms. The van der Waals surface area contributed by atoms with E-state index in [-0.39, 0.29) is 5.54 Å². The molecule has 0 radical (unpaired) electrons. The normalized spacial score (nSPS) is 34.6. The molecule has 2 rings (SSSR count). The van der Waals surface area contributed by atoms with Crippen molar-refractivity contribution in [3.63, 3.8) is 0 Å². The minimum Gasteiger partial charge on any atom is -0.301 e. The number of hydrogen-bond acceptors (Lipinski definition) is 3. The van der Waals surface area contributed by atoms with Crippen molar-refractivity contribution in [1.29, 1.82) is 5.26 Å². The molecule has 1 N–H and O–H groups in total. The first-order chi connectivity index (χ1) is 7.56. The van der Waals surface area contributed by atoms with Crippen molar-refractivity contribution < 1.29 is 0 Å². The van der Waals surface area contributed by atoms with E-state index in [1.807, 2.05) is 0 Å². The summed E-state index contributed by atoms with van der Waals surface area (Å²) >= 11 is 0. The summed E-state index contributed by atoms with van der Waals surface area (Å²) in [6, 6.07) is 4.31. The Morgan fingerprint density at radius 1 is 1.38 bits per heavy atom. The fourth-order valence-corrected chi connectivity index (χ4v) is 2.67. The Morgan fingerprint density at radius 3 is 2.56 bits per heavy atom. The van der Waals surface area contributed by atoms with E-state index in [1.165, 1.54) is 12.8 Å². The molecule has 0 saturated heterocycles. The van der Waals surface area contributed by atoms with Crippen molar-refractivity contribution in [2.45, 2.75) is 69.6 Å². The lowest BCUT2D eigenvalue weighted by Gasteiger charge is -2.30. The molecule has 0 amide bonds. The zero-order valence-electron chi connectivity index (χ0n) is 10.7. The largest absolute Gasteiger partial charge is 0.301 e. The second kappa shape index (κ2) is 4.35. The van der Waals surface area contributed by atoms with Crippen LogP contribution < -0.4 is 5.32 Å². The van der Waals surface area contributed by atoms with Gasteiger partial charge in [-0.25, -0.2) is 0 Å². The molecule has 0 aliphatic heterocycles. The third kappa shape index (κ3) is 2.39. The van der Waals surface area contributed by atoms with Crippen molar-refractivity contribution in [3.05, 3.63) is 0 Å². The van der Waals surface area contributed by atoms with Gasteiger partial charge in [0.2, 0.25) is 0 Å². The Hall–Kier alpha value is -0.590. The Balaban J connectivity index is 1.96. The van der Waals surface area contributed by atoms with Gasteiger partial charge in [-0.1, -0.05) is 0 Å². The minimum atomic E-state index is -0.227. The van der Waals surface area contributed by atoms with E-state index >= 15 is 0 Å². The molecular formula is C13H23N3. The topological polar surface area (TPSA) is 39.1 Å². The number of hydrogen-bond donors (Lipinski definition) is 1. The van der Waals surface area contributed by atoms with Gasteiger partial charge in [-0.3, -0.25) is 5.32 Å². The molecule has 3 heteroatoms. The van der Waals surface area contributed by atoms with Crippen molar-refractivity contribution in [3.8, 4) is 6.07 Å². The van der Waals surface area contributed by atoms with Gasteiger partial charge in [0, 0.05) is 18.1 Å². The molecule has 2 saturated carbocycles. The summed E-state index contributed by atoms with van der Waals surface area (Å²) in [6.45, 7) is 4.45. The molecule has 2 aliphatic rings. The number of nitrogens with one attached hydrogen (secondary N) is 1. The van der Waals surface area contributed by atoms with Gasteiger partial charge in [-0.2, -0.15) is 5.26 Å². The van der Waals surface area contributed by atoms with E-state index in [1.54, 1.807) is 0 Å². The maximum atomic E-state index is 9.40. The molecule has 0 aromatic carbocycles. The number of rotatable bonds is 4. The third-order valence-electron chi connectivity index (χ3n) is 4.15. The van der Waals surface area contributed by atoms with Gasteiger partial charge in [0.15, 0.2) is 0 Å². The fraction of sp³-hybridized carbons (Fsp3) is 0.923. The second-order valence-electron chi connectivity index (χ2n) is 5.77. The Labute approximate surface area is 98.8 Å². The molecule has 0 heterocycles. The zero-order chi connectivity index (χ0) is 11.8. The first kappa shape index (κ1) is 11.9. The van der Waals surface area contributed by atoms with Crippen LogP contribution in [0.15, 0.2) is 0 Å². The predicted molar refractivity (Wildman–Crippen MR) is 65.0 cm³/mol. The summed E-state index contributed by atoms with van der Waals surface area (Å²) in [5.41, 5.74) is -0.227. The highest BCUT2D eigenvalue weighted by atomic mass is 15.2. The van der Waals surface area contributed by atoms with E-state index in [0.717, 1.165) is 19.3 Å². The fourth-order valence-electron chi connectivity index (χ4n) is 2.67. The lowest BCUT2D eigenvalue weighted by Crippen LogP contribution is -2.45. The lowest BCUT2D eigenvalue weighted by atomic mass is 9.99. The standard InChI is InChI=1S/C13H23N3/c1-10(2)16(3)12-6-7-13(8-12,9-14)15-11-4-5-11/h10-12,15H,4-8H2,1-3H3. The van der Waals surface area contributed by atoms with Gasteiger partial charge in [-0.05, 0) is 53.0 Å². The zero-order valence-corrected chi connectivity index (χ0v) is 10.7. The number of nitriles is 1. The van der Waals surface area contributed by atoms with E-state index in [9.17, 15) is 5.26 Å². The number of nitrogens with zero attached hydrogens (tertiary/aromatic N) is 2. The van der Waals surface area contributed by atoms with Gasteiger partial charge < -0.3 is 4.90 Å². The van der Waals surface area contributed by atoms with Crippen molar-refractivity contribution in [2.75, 3.05) is 7.05 Å². The molecule has 2 unspecified atom stereocenters. The monoisotopic (exact) mass is 221 g/mol. The molecule has 90 valence electrons. The summed E-state index contributed by atoms with van der Waals surface area (Å²) in [6.07, 6.45) is 5.68. The van der Waals surface area contributed by atoms with Crippen LogP contribution in [0.5, 0.6) is 0 Å². The molecule has 0 aromatic heterocycles. The van der Waals surface area contributed by atoms with Crippen LogP contribution in [0.2, 0.25) is 0 Å². The van der Waals surface area contributed by atoms with Crippen LogP contribution >= 0.6 is 0 Å². The van der Waals surface area contributed by atoms with Gasteiger partial charge in [0.1, 0.15) is 5.54 Å². The molecular weight excluding hydrogens is 198 g/mol. The SMILES string of the molecule is CC(C)N(C)C1CCC(C#N)(NC2CC2)C1. The Morgan fingerprint density at radius 2 is 2.06 bits per heavy atom. The molecule has 0 spiro atoms. The van der Waals surface area contributed by atoms with Crippen LogP contribution in [0.3, 0.4) is 0 Å². The van der Waals surface area contributed by atoms with E-state index in [0.29, 0.717) is 18.1 Å². The van der Waals surface area contributed by atoms with E-state index in [2.05, 4.69) is 37.2 Å². The van der Waals surface area contributed by atoms with Crippen LogP contribution in [-0.2, 0) is 0 Å². The van der Waals surface area contributed by atoms with Crippen LogP contribution in [-0.4, -0.2) is 35.6 Å². The molecule has 3 nitrogen and oxygen atoms in total. The van der Waals surface area contributed by atoms with Gasteiger partial charge in [-0.15, -0.1) is 0 Å². The highest BCUT2D eigenvalue weighted by molar-refractivity contribution is 5.15.